The van der Waals surface area contributed by atoms with E-state index in [9.17, 15) is 22.4 Å². The molecule has 0 radical (unpaired) electrons. The second-order valence-corrected chi connectivity index (χ2v) is 11.7. The smallest absolute Gasteiger partial charge is 0.264 e. The molecule has 0 aliphatic heterocycles. The van der Waals surface area contributed by atoms with Gasteiger partial charge < -0.3 is 9.88 Å². The van der Waals surface area contributed by atoms with Crippen molar-refractivity contribution in [2.45, 2.75) is 24.8 Å². The number of hydrogen-bond acceptors (Lipinski definition) is 4. The zero-order valence-electron chi connectivity index (χ0n) is 23.0. The van der Waals surface area contributed by atoms with Gasteiger partial charge in [0, 0.05) is 36.7 Å². The van der Waals surface area contributed by atoms with Crippen LogP contribution in [-0.4, -0.2) is 37.3 Å². The predicted octanol–water partition coefficient (Wildman–Crippen LogP) is 5.77. The number of rotatable bonds is 10. The third-order valence-electron chi connectivity index (χ3n) is 7.09. The highest BCUT2D eigenvalue weighted by Gasteiger charge is 2.26. The summed E-state index contributed by atoms with van der Waals surface area (Å²) < 4.78 is 41.8. The zero-order valence-corrected chi connectivity index (χ0v) is 23.9. The number of hydrogen-bond donors (Lipinski definition) is 1. The molecule has 1 heterocycles. The number of anilines is 1. The third kappa shape index (κ3) is 6.11. The summed E-state index contributed by atoms with van der Waals surface area (Å²) >= 11 is 0. The van der Waals surface area contributed by atoms with Crippen molar-refractivity contribution in [3.63, 3.8) is 0 Å². The summed E-state index contributed by atoms with van der Waals surface area (Å²) in [6, 6.07) is 28.7. The fraction of sp³-hybridized carbons (Fsp3) is 0.152. The van der Waals surface area contributed by atoms with Crippen LogP contribution in [0.5, 0.6) is 0 Å². The lowest BCUT2D eigenvalue weighted by Crippen LogP contribution is -2.35. The molecule has 7 nitrogen and oxygen atoms in total. The second kappa shape index (κ2) is 12.4. The Labute approximate surface area is 243 Å². The minimum atomic E-state index is -4.09. The maximum absolute atomic E-state index is 13.8. The molecule has 42 heavy (non-hydrogen) atoms. The number of aromatic nitrogens is 1. The van der Waals surface area contributed by atoms with Crippen LogP contribution in [0.25, 0.3) is 10.9 Å². The lowest BCUT2D eigenvalue weighted by Gasteiger charge is -2.24. The monoisotopic (exact) mass is 583 g/mol. The molecule has 0 unspecified atom stereocenters. The Morgan fingerprint density at radius 3 is 2.14 bits per heavy atom. The molecule has 0 aliphatic rings. The topological polar surface area (TPSA) is 90.6 Å². The molecule has 1 aromatic heterocycles. The lowest BCUT2D eigenvalue weighted by molar-refractivity contribution is 0.0743. The first-order valence-electron chi connectivity index (χ1n) is 13.6. The first kappa shape index (κ1) is 28.8. The number of carbonyl (C=O) groups is 1. The van der Waals surface area contributed by atoms with E-state index in [-0.39, 0.29) is 22.4 Å². The zero-order chi connectivity index (χ0) is 29.7. The molecule has 4 aromatic carbocycles. The van der Waals surface area contributed by atoms with Crippen LogP contribution in [0.15, 0.2) is 119 Å². The van der Waals surface area contributed by atoms with Crippen LogP contribution >= 0.6 is 0 Å². The van der Waals surface area contributed by atoms with Gasteiger partial charge >= 0.3 is 0 Å². The number of halogens is 1. The fourth-order valence-corrected chi connectivity index (χ4v) is 6.38. The van der Waals surface area contributed by atoms with E-state index in [1.807, 2.05) is 60.7 Å². The summed E-state index contributed by atoms with van der Waals surface area (Å²) in [7, 11) is -4.09. The SMILES string of the molecule is CCN(c1ccc(F)cc1)S(=O)(=O)c1ccc2[nH]cc(C(=O)N(CCc3ccccc3)Cc3ccccc3)c(=O)c2c1. The Morgan fingerprint density at radius 1 is 0.857 bits per heavy atom. The van der Waals surface area contributed by atoms with Crippen molar-refractivity contribution in [1.82, 2.24) is 9.88 Å². The Kier molecular flexibility index (Phi) is 8.49. The predicted molar refractivity (Wildman–Crippen MR) is 163 cm³/mol. The molecule has 214 valence electrons. The molecule has 5 rings (SSSR count). The van der Waals surface area contributed by atoms with Crippen molar-refractivity contribution in [3.05, 3.63) is 142 Å². The van der Waals surface area contributed by atoms with Gasteiger partial charge in [-0.05, 0) is 66.9 Å². The van der Waals surface area contributed by atoms with Gasteiger partial charge in [0.2, 0.25) is 5.43 Å². The number of carbonyl (C=O) groups excluding carboxylic acids is 1. The summed E-state index contributed by atoms with van der Waals surface area (Å²) in [6.45, 7) is 2.45. The summed E-state index contributed by atoms with van der Waals surface area (Å²) in [4.78, 5) is 32.1. The van der Waals surface area contributed by atoms with Crippen molar-refractivity contribution in [3.8, 4) is 0 Å². The standard InChI is InChI=1S/C33H30FN3O4S/c1-2-37(27-15-13-26(34)14-16-27)42(40,41)28-17-18-31-29(21-28)32(38)30(22-35-31)33(39)36(23-25-11-7-4-8-12-25)20-19-24-9-5-3-6-10-24/h3-18,21-22H,2,19-20,23H2,1H3,(H,35,38). The largest absolute Gasteiger partial charge is 0.360 e. The van der Waals surface area contributed by atoms with Crippen LogP contribution in [0.3, 0.4) is 0 Å². The molecule has 9 heteroatoms. The maximum Gasteiger partial charge on any atom is 0.264 e. The van der Waals surface area contributed by atoms with Crippen LogP contribution < -0.4 is 9.73 Å². The van der Waals surface area contributed by atoms with Gasteiger partial charge in [-0.2, -0.15) is 0 Å². The first-order valence-corrected chi connectivity index (χ1v) is 15.0. The lowest BCUT2D eigenvalue weighted by atomic mass is 10.1. The van der Waals surface area contributed by atoms with Gasteiger partial charge in [0.05, 0.1) is 10.6 Å². The van der Waals surface area contributed by atoms with Crippen molar-refractivity contribution in [2.75, 3.05) is 17.4 Å². The van der Waals surface area contributed by atoms with Gasteiger partial charge in [-0.25, -0.2) is 12.8 Å². The summed E-state index contributed by atoms with van der Waals surface area (Å²) in [5.41, 5.74) is 2.04. The number of H-pyrrole nitrogens is 1. The Morgan fingerprint density at radius 2 is 1.50 bits per heavy atom. The Balaban J connectivity index is 1.50. The van der Waals surface area contributed by atoms with E-state index in [1.165, 1.54) is 48.7 Å². The Bertz CT molecular complexity index is 1860. The van der Waals surface area contributed by atoms with E-state index in [0.717, 1.165) is 15.4 Å². The molecule has 0 atom stereocenters. The number of amides is 1. The second-order valence-electron chi connectivity index (χ2n) is 9.83. The van der Waals surface area contributed by atoms with Crippen LogP contribution in [0.2, 0.25) is 0 Å². The molecule has 1 N–H and O–H groups in total. The van der Waals surface area contributed by atoms with E-state index in [1.54, 1.807) is 11.8 Å². The van der Waals surface area contributed by atoms with Gasteiger partial charge in [0.15, 0.2) is 0 Å². The van der Waals surface area contributed by atoms with Crippen molar-refractivity contribution in [2.24, 2.45) is 0 Å². The molecule has 1 amide bonds. The third-order valence-corrected chi connectivity index (χ3v) is 8.99. The molecule has 5 aromatic rings. The number of nitrogens with zero attached hydrogens (tertiary/aromatic N) is 2. The van der Waals surface area contributed by atoms with Gasteiger partial charge in [-0.3, -0.25) is 13.9 Å². The van der Waals surface area contributed by atoms with Crippen molar-refractivity contribution in [1.29, 1.82) is 0 Å². The minimum absolute atomic E-state index is 0.0769. The average molecular weight is 584 g/mol. The van der Waals surface area contributed by atoms with E-state index in [0.29, 0.717) is 30.7 Å². The number of aromatic amines is 1. The molecule has 0 aliphatic carbocycles. The van der Waals surface area contributed by atoms with Crippen LogP contribution in [0.1, 0.15) is 28.4 Å². The molecular weight excluding hydrogens is 553 g/mol. The molecule has 0 spiro atoms. The summed E-state index contributed by atoms with van der Waals surface area (Å²) in [6.07, 6.45) is 1.99. The van der Waals surface area contributed by atoms with E-state index < -0.39 is 27.2 Å². The maximum atomic E-state index is 13.8. The van der Waals surface area contributed by atoms with Gasteiger partial charge in [0.25, 0.3) is 15.9 Å². The van der Waals surface area contributed by atoms with Gasteiger partial charge in [-0.1, -0.05) is 60.7 Å². The number of benzene rings is 4. The molecule has 0 fully saturated rings. The van der Waals surface area contributed by atoms with Crippen LogP contribution in [-0.2, 0) is 23.0 Å². The van der Waals surface area contributed by atoms with Crippen LogP contribution in [0, 0.1) is 5.82 Å². The average Bonchev–Trinajstić information content (AvgIpc) is 3.01. The number of sulfonamides is 1. The summed E-state index contributed by atoms with van der Waals surface area (Å²) in [5.74, 6) is -0.931. The highest BCUT2D eigenvalue weighted by Crippen LogP contribution is 2.25. The fourth-order valence-electron chi connectivity index (χ4n) is 4.88. The first-order chi connectivity index (χ1) is 20.3. The van der Waals surface area contributed by atoms with Crippen molar-refractivity contribution >= 4 is 32.5 Å². The van der Waals surface area contributed by atoms with E-state index >= 15 is 0 Å². The van der Waals surface area contributed by atoms with Gasteiger partial charge in [-0.15, -0.1) is 0 Å². The Hall–Kier alpha value is -4.76. The number of nitrogens with one attached hydrogen (secondary N) is 1. The molecular formula is C33H30FN3O4S. The van der Waals surface area contributed by atoms with Crippen LogP contribution in [0.4, 0.5) is 10.1 Å². The van der Waals surface area contributed by atoms with Gasteiger partial charge in [0.1, 0.15) is 11.4 Å². The van der Waals surface area contributed by atoms with E-state index in [2.05, 4.69) is 4.98 Å². The minimum Gasteiger partial charge on any atom is -0.360 e. The summed E-state index contributed by atoms with van der Waals surface area (Å²) in [5, 5.41) is 0.0832. The molecule has 0 saturated heterocycles. The molecule has 0 bridgehead atoms. The number of pyridine rings is 1. The highest BCUT2D eigenvalue weighted by molar-refractivity contribution is 7.92. The van der Waals surface area contributed by atoms with E-state index in [4.69, 9.17) is 0 Å². The molecule has 0 saturated carbocycles. The highest BCUT2D eigenvalue weighted by atomic mass is 32.2. The van der Waals surface area contributed by atoms with Crippen molar-refractivity contribution < 1.29 is 17.6 Å². The number of fused-ring (bicyclic) bond motifs is 1. The normalized spacial score (nSPS) is 11.4. The quantitative estimate of drug-likeness (QED) is 0.226.